The number of carbonyl (C=O) groups excluding carboxylic acids is 1. The van der Waals surface area contributed by atoms with Gasteiger partial charge in [0.15, 0.2) is 5.75 Å². The molecule has 0 bridgehead atoms. The van der Waals surface area contributed by atoms with Crippen molar-refractivity contribution in [3.05, 3.63) is 33.9 Å². The monoisotopic (exact) mass is 240 g/mol. The maximum Gasteiger partial charge on any atom is 0.322 e. The van der Waals surface area contributed by atoms with Crippen molar-refractivity contribution in [2.75, 3.05) is 7.11 Å². The molecule has 92 valence electrons. The summed E-state index contributed by atoms with van der Waals surface area (Å²) >= 11 is 0. The Morgan fingerprint density at radius 2 is 2.29 bits per heavy atom. The van der Waals surface area contributed by atoms with Crippen molar-refractivity contribution in [3.8, 4) is 5.75 Å². The van der Waals surface area contributed by atoms with E-state index < -0.39 is 28.4 Å². The highest BCUT2D eigenvalue weighted by atomic mass is 16.6. The zero-order valence-electron chi connectivity index (χ0n) is 9.12. The number of nitro groups is 1. The Hall–Kier alpha value is -2.15. The molecule has 1 atom stereocenters. The van der Waals surface area contributed by atoms with Crippen LogP contribution in [0.2, 0.25) is 0 Å². The molecule has 7 nitrogen and oxygen atoms in total. The van der Waals surface area contributed by atoms with E-state index in [1.807, 2.05) is 0 Å². The first-order chi connectivity index (χ1) is 7.95. The van der Waals surface area contributed by atoms with Gasteiger partial charge in [0, 0.05) is 6.07 Å². The molecule has 1 rings (SSSR count). The van der Waals surface area contributed by atoms with Gasteiger partial charge in [-0.25, -0.2) is 0 Å². The topological polar surface area (TPSA) is 116 Å². The third kappa shape index (κ3) is 3.15. The molecular formula is C10H12N2O5. The van der Waals surface area contributed by atoms with E-state index in [9.17, 15) is 20.0 Å². The number of methoxy groups -OCH3 is 1. The van der Waals surface area contributed by atoms with E-state index in [2.05, 4.69) is 4.74 Å². The van der Waals surface area contributed by atoms with Crippen LogP contribution in [0.25, 0.3) is 0 Å². The average molecular weight is 240 g/mol. The van der Waals surface area contributed by atoms with Crippen molar-refractivity contribution in [2.24, 2.45) is 5.73 Å². The smallest absolute Gasteiger partial charge is 0.322 e. The van der Waals surface area contributed by atoms with Gasteiger partial charge in [0.1, 0.15) is 6.04 Å². The number of phenolic OH excluding ortho intramolecular Hbond substituents is 1. The summed E-state index contributed by atoms with van der Waals surface area (Å²) in [6.45, 7) is 0. The lowest BCUT2D eigenvalue weighted by Crippen LogP contribution is -2.33. The number of esters is 1. The van der Waals surface area contributed by atoms with Crippen molar-refractivity contribution >= 4 is 11.7 Å². The second-order valence-electron chi connectivity index (χ2n) is 3.41. The molecule has 0 unspecified atom stereocenters. The van der Waals surface area contributed by atoms with Crippen LogP contribution in [0, 0.1) is 10.1 Å². The summed E-state index contributed by atoms with van der Waals surface area (Å²) in [6, 6.07) is 2.95. The molecule has 0 aliphatic heterocycles. The second kappa shape index (κ2) is 5.26. The van der Waals surface area contributed by atoms with Gasteiger partial charge in [-0.3, -0.25) is 14.9 Å². The summed E-state index contributed by atoms with van der Waals surface area (Å²) in [6.07, 6.45) is 0.105. The average Bonchev–Trinajstić information content (AvgIpc) is 2.30. The molecule has 1 aromatic rings. The molecule has 0 saturated carbocycles. The Morgan fingerprint density at radius 3 is 2.82 bits per heavy atom. The van der Waals surface area contributed by atoms with Crippen LogP contribution in [0.4, 0.5) is 5.69 Å². The van der Waals surface area contributed by atoms with Crippen LogP contribution in [0.1, 0.15) is 5.56 Å². The van der Waals surface area contributed by atoms with Crippen molar-refractivity contribution < 1.29 is 19.6 Å². The second-order valence-corrected chi connectivity index (χ2v) is 3.41. The molecule has 0 spiro atoms. The van der Waals surface area contributed by atoms with Crippen LogP contribution in [-0.2, 0) is 16.0 Å². The number of aromatic hydroxyl groups is 1. The van der Waals surface area contributed by atoms with Gasteiger partial charge >= 0.3 is 11.7 Å². The normalized spacial score (nSPS) is 11.9. The molecular weight excluding hydrogens is 228 g/mol. The lowest BCUT2D eigenvalue weighted by atomic mass is 10.1. The SMILES string of the molecule is COC(=O)[C@@H](N)Cc1ccc(O)c([N+](=O)[O-])c1. The fraction of sp³-hybridized carbons (Fsp3) is 0.300. The molecule has 17 heavy (non-hydrogen) atoms. The maximum absolute atomic E-state index is 11.1. The molecule has 7 heteroatoms. The molecule has 0 heterocycles. The molecule has 0 aliphatic rings. The molecule has 0 fully saturated rings. The highest BCUT2D eigenvalue weighted by molar-refractivity contribution is 5.75. The number of nitrogens with zero attached hydrogens (tertiary/aromatic N) is 1. The van der Waals surface area contributed by atoms with Crippen LogP contribution in [0.5, 0.6) is 5.75 Å². The molecule has 1 aromatic carbocycles. The van der Waals surface area contributed by atoms with E-state index in [0.717, 1.165) is 0 Å². The zero-order chi connectivity index (χ0) is 13.0. The lowest BCUT2D eigenvalue weighted by molar-refractivity contribution is -0.385. The summed E-state index contributed by atoms with van der Waals surface area (Å²) in [5, 5.41) is 19.8. The van der Waals surface area contributed by atoms with Gasteiger partial charge in [0.05, 0.1) is 12.0 Å². The standard InChI is InChI=1S/C10H12N2O5/c1-17-10(14)7(11)4-6-2-3-9(13)8(5-6)12(15)16/h2-3,5,7,13H,4,11H2,1H3/t7-/m0/s1. The molecule has 0 aromatic heterocycles. The van der Waals surface area contributed by atoms with Gasteiger partial charge in [-0.2, -0.15) is 0 Å². The minimum atomic E-state index is -0.885. The van der Waals surface area contributed by atoms with E-state index >= 15 is 0 Å². The maximum atomic E-state index is 11.1. The van der Waals surface area contributed by atoms with Crippen LogP contribution in [0.3, 0.4) is 0 Å². The van der Waals surface area contributed by atoms with Crippen molar-refractivity contribution in [2.45, 2.75) is 12.5 Å². The number of hydrogen-bond donors (Lipinski definition) is 2. The van der Waals surface area contributed by atoms with Gasteiger partial charge < -0.3 is 15.6 Å². The van der Waals surface area contributed by atoms with Crippen molar-refractivity contribution in [1.82, 2.24) is 0 Å². The Kier molecular flexibility index (Phi) is 4.00. The number of benzene rings is 1. The van der Waals surface area contributed by atoms with Crippen LogP contribution in [0.15, 0.2) is 18.2 Å². The van der Waals surface area contributed by atoms with E-state index in [-0.39, 0.29) is 6.42 Å². The van der Waals surface area contributed by atoms with Gasteiger partial charge in [-0.1, -0.05) is 6.07 Å². The molecule has 0 aliphatic carbocycles. The number of rotatable bonds is 4. The Bertz CT molecular complexity index is 446. The summed E-state index contributed by atoms with van der Waals surface area (Å²) in [4.78, 5) is 20.9. The predicted molar refractivity (Wildman–Crippen MR) is 58.5 cm³/mol. The first-order valence-electron chi connectivity index (χ1n) is 4.75. The number of nitro benzene ring substituents is 1. The minimum absolute atomic E-state index is 0.105. The Balaban J connectivity index is 2.90. The predicted octanol–water partition coefficient (Wildman–Crippen LogP) is 0.343. The van der Waals surface area contributed by atoms with Crippen molar-refractivity contribution in [3.63, 3.8) is 0 Å². The summed E-state index contributed by atoms with van der Waals surface area (Å²) < 4.78 is 4.44. The largest absolute Gasteiger partial charge is 0.502 e. The summed E-state index contributed by atoms with van der Waals surface area (Å²) in [5.74, 6) is -1.02. The van der Waals surface area contributed by atoms with E-state index in [1.54, 1.807) is 0 Å². The van der Waals surface area contributed by atoms with Gasteiger partial charge in [-0.15, -0.1) is 0 Å². The lowest BCUT2D eigenvalue weighted by Gasteiger charge is -2.09. The van der Waals surface area contributed by atoms with Crippen LogP contribution < -0.4 is 5.73 Å². The van der Waals surface area contributed by atoms with Gasteiger partial charge in [-0.05, 0) is 18.1 Å². The summed E-state index contributed by atoms with van der Waals surface area (Å²) in [5.41, 5.74) is 5.58. The number of nitrogens with two attached hydrogens (primary N) is 1. The first kappa shape index (κ1) is 12.9. The third-order valence-corrected chi connectivity index (χ3v) is 2.20. The number of carbonyl (C=O) groups is 1. The van der Waals surface area contributed by atoms with Gasteiger partial charge in [0.2, 0.25) is 0 Å². The van der Waals surface area contributed by atoms with Gasteiger partial charge in [0.25, 0.3) is 0 Å². The Labute approximate surface area is 97.0 Å². The fourth-order valence-corrected chi connectivity index (χ4v) is 1.33. The van der Waals surface area contributed by atoms with Crippen LogP contribution in [-0.4, -0.2) is 29.2 Å². The highest BCUT2D eigenvalue weighted by Gasteiger charge is 2.18. The van der Waals surface area contributed by atoms with Crippen molar-refractivity contribution in [1.29, 1.82) is 0 Å². The third-order valence-electron chi connectivity index (χ3n) is 2.20. The molecule has 0 radical (unpaired) electrons. The summed E-state index contributed by atoms with van der Waals surface area (Å²) in [7, 11) is 1.21. The number of hydrogen-bond acceptors (Lipinski definition) is 6. The van der Waals surface area contributed by atoms with E-state index in [1.165, 1.54) is 25.3 Å². The molecule has 3 N–H and O–H groups in total. The number of ether oxygens (including phenoxy) is 1. The number of phenols is 1. The Morgan fingerprint density at radius 1 is 1.65 bits per heavy atom. The quantitative estimate of drug-likeness (QED) is 0.445. The molecule has 0 saturated heterocycles. The first-order valence-corrected chi connectivity index (χ1v) is 4.75. The fourth-order valence-electron chi connectivity index (χ4n) is 1.33. The van der Waals surface area contributed by atoms with E-state index in [4.69, 9.17) is 5.73 Å². The van der Waals surface area contributed by atoms with E-state index in [0.29, 0.717) is 5.56 Å². The zero-order valence-corrected chi connectivity index (χ0v) is 9.12. The van der Waals surface area contributed by atoms with Crippen LogP contribution >= 0.6 is 0 Å². The molecule has 0 amide bonds. The highest BCUT2D eigenvalue weighted by Crippen LogP contribution is 2.26. The minimum Gasteiger partial charge on any atom is -0.502 e.